The number of likely N-dealkylation sites (tertiary alicyclic amines) is 1. The van der Waals surface area contributed by atoms with Gasteiger partial charge in [0, 0.05) is 42.7 Å². The molecular formula is C23H24F2N8O2. The Kier molecular flexibility index (Phi) is 5.42. The van der Waals surface area contributed by atoms with Crippen molar-refractivity contribution in [3.05, 3.63) is 36.4 Å². The normalized spacial score (nSPS) is 20.8. The van der Waals surface area contributed by atoms with E-state index in [-0.39, 0.29) is 23.4 Å². The van der Waals surface area contributed by atoms with Crippen LogP contribution in [0.25, 0.3) is 16.6 Å². The lowest BCUT2D eigenvalue weighted by molar-refractivity contribution is -0.134. The lowest BCUT2D eigenvalue weighted by atomic mass is 10.00. The SMILES string of the molecule is CC[C@@H]1CN(C(=O)C2(C#N)CC2)C[C@H]1Nc1c(C(N)=O)cnn2cc(-c3cnn(C(F)F)c3)cc12. The summed E-state index contributed by atoms with van der Waals surface area (Å²) in [6.07, 6.45) is 7.53. The average Bonchev–Trinajstić information content (AvgIpc) is 3.19. The maximum absolute atomic E-state index is 13.0. The van der Waals surface area contributed by atoms with Crippen LogP contribution in [0.2, 0.25) is 0 Å². The van der Waals surface area contributed by atoms with Crippen molar-refractivity contribution in [2.75, 3.05) is 18.4 Å². The van der Waals surface area contributed by atoms with E-state index in [0.717, 1.165) is 6.42 Å². The van der Waals surface area contributed by atoms with Gasteiger partial charge in [-0.1, -0.05) is 6.92 Å². The topological polar surface area (TPSA) is 134 Å². The lowest BCUT2D eigenvalue weighted by Gasteiger charge is -2.22. The van der Waals surface area contributed by atoms with Gasteiger partial charge in [-0.2, -0.15) is 24.2 Å². The Morgan fingerprint density at radius 2 is 2.03 bits per heavy atom. The zero-order valence-corrected chi connectivity index (χ0v) is 19.0. The number of nitrogens with zero attached hydrogens (tertiary/aromatic N) is 6. The fraction of sp³-hybridized carbons (Fsp3) is 0.435. The van der Waals surface area contributed by atoms with E-state index in [9.17, 15) is 23.6 Å². The molecule has 1 saturated heterocycles. The van der Waals surface area contributed by atoms with Crippen LogP contribution in [0, 0.1) is 22.7 Å². The van der Waals surface area contributed by atoms with Crippen LogP contribution >= 0.6 is 0 Å². The third-order valence-electron chi connectivity index (χ3n) is 6.99. The molecule has 1 saturated carbocycles. The van der Waals surface area contributed by atoms with Crippen molar-refractivity contribution < 1.29 is 18.4 Å². The third kappa shape index (κ3) is 3.86. The van der Waals surface area contributed by atoms with Gasteiger partial charge in [0.1, 0.15) is 5.41 Å². The number of rotatable bonds is 7. The number of amides is 2. The standard InChI is InChI=1S/C23H24F2N8O2/c1-2-13-8-31(21(35)23(12-26)3-4-23)11-17(13)30-19-16(20(27)34)7-29-32-9-14(5-18(19)32)15-6-28-33(10-15)22(24)25/h5-7,9-10,13,17,22,30H,2-4,8,11H2,1H3,(H2,27,34)/t13-,17-/m1/s1. The van der Waals surface area contributed by atoms with Gasteiger partial charge >= 0.3 is 6.55 Å². The molecule has 1 aliphatic heterocycles. The Morgan fingerprint density at radius 1 is 1.26 bits per heavy atom. The summed E-state index contributed by atoms with van der Waals surface area (Å²) in [6, 6.07) is 3.71. The number of primary amides is 1. The molecule has 5 rings (SSSR count). The van der Waals surface area contributed by atoms with Gasteiger partial charge in [-0.05, 0) is 31.2 Å². The molecule has 10 nitrogen and oxygen atoms in total. The summed E-state index contributed by atoms with van der Waals surface area (Å²) in [6.45, 7) is 0.176. The number of nitrogens with one attached hydrogen (secondary N) is 1. The molecule has 2 atom stereocenters. The number of carbonyl (C=O) groups is 2. The minimum absolute atomic E-state index is 0.0982. The van der Waals surface area contributed by atoms with Gasteiger partial charge in [-0.3, -0.25) is 9.59 Å². The number of alkyl halides is 2. The zero-order chi connectivity index (χ0) is 24.9. The lowest BCUT2D eigenvalue weighted by Crippen LogP contribution is -2.36. The number of anilines is 1. The number of hydrogen-bond donors (Lipinski definition) is 2. The fourth-order valence-corrected chi connectivity index (χ4v) is 4.75. The van der Waals surface area contributed by atoms with Crippen molar-refractivity contribution >= 4 is 23.0 Å². The maximum Gasteiger partial charge on any atom is 0.333 e. The van der Waals surface area contributed by atoms with E-state index >= 15 is 0 Å². The van der Waals surface area contributed by atoms with Gasteiger partial charge in [0.15, 0.2) is 0 Å². The minimum atomic E-state index is -2.76. The van der Waals surface area contributed by atoms with E-state index in [1.165, 1.54) is 23.1 Å². The van der Waals surface area contributed by atoms with Crippen LogP contribution in [-0.2, 0) is 4.79 Å². The smallest absolute Gasteiger partial charge is 0.333 e. The molecule has 3 aromatic rings. The molecule has 3 aromatic heterocycles. The summed E-state index contributed by atoms with van der Waals surface area (Å²) in [5, 5.41) is 20.8. The van der Waals surface area contributed by atoms with E-state index in [2.05, 4.69) is 21.6 Å². The highest BCUT2D eigenvalue weighted by Gasteiger charge is 2.54. The van der Waals surface area contributed by atoms with Crippen LogP contribution in [0.3, 0.4) is 0 Å². The maximum atomic E-state index is 13.0. The number of nitriles is 1. The predicted molar refractivity (Wildman–Crippen MR) is 121 cm³/mol. The van der Waals surface area contributed by atoms with Crippen molar-refractivity contribution in [1.82, 2.24) is 24.3 Å². The van der Waals surface area contributed by atoms with E-state index in [0.29, 0.717) is 52.9 Å². The Labute approximate surface area is 199 Å². The van der Waals surface area contributed by atoms with Crippen molar-refractivity contribution in [2.45, 2.75) is 38.8 Å². The highest BCUT2D eigenvalue weighted by atomic mass is 19.3. The van der Waals surface area contributed by atoms with Crippen LogP contribution in [0.15, 0.2) is 30.9 Å². The summed E-state index contributed by atoms with van der Waals surface area (Å²) >= 11 is 0. The summed E-state index contributed by atoms with van der Waals surface area (Å²) < 4.78 is 28.0. The third-order valence-corrected chi connectivity index (χ3v) is 6.99. The van der Waals surface area contributed by atoms with Gasteiger partial charge in [-0.15, -0.1) is 0 Å². The number of fused-ring (bicyclic) bond motifs is 1. The molecule has 12 heteroatoms. The van der Waals surface area contributed by atoms with Gasteiger partial charge in [-0.25, -0.2) is 9.20 Å². The molecule has 2 fully saturated rings. The molecular weight excluding hydrogens is 458 g/mol. The molecule has 4 heterocycles. The van der Waals surface area contributed by atoms with Crippen molar-refractivity contribution in [3.8, 4) is 17.2 Å². The van der Waals surface area contributed by atoms with Gasteiger partial charge in [0.2, 0.25) is 5.91 Å². The monoisotopic (exact) mass is 482 g/mol. The Morgan fingerprint density at radius 3 is 2.63 bits per heavy atom. The molecule has 3 N–H and O–H groups in total. The molecule has 0 aromatic carbocycles. The fourth-order valence-electron chi connectivity index (χ4n) is 4.75. The highest BCUT2D eigenvalue weighted by molar-refractivity contribution is 6.02. The first-order valence-electron chi connectivity index (χ1n) is 11.4. The van der Waals surface area contributed by atoms with E-state index in [1.54, 1.807) is 17.2 Å². The largest absolute Gasteiger partial charge is 0.378 e. The first-order valence-corrected chi connectivity index (χ1v) is 11.4. The number of nitrogens with two attached hydrogens (primary N) is 1. The Hall–Kier alpha value is -4.01. The van der Waals surface area contributed by atoms with Crippen molar-refractivity contribution in [3.63, 3.8) is 0 Å². The van der Waals surface area contributed by atoms with Gasteiger partial charge in [0.25, 0.3) is 5.91 Å². The van der Waals surface area contributed by atoms with Crippen LogP contribution in [0.4, 0.5) is 14.5 Å². The second-order valence-electron chi connectivity index (χ2n) is 9.17. The molecule has 0 spiro atoms. The average molecular weight is 482 g/mol. The first kappa shape index (κ1) is 22.8. The predicted octanol–water partition coefficient (Wildman–Crippen LogP) is 2.64. The number of hydrogen-bond acceptors (Lipinski definition) is 6. The molecule has 2 amide bonds. The molecule has 1 aliphatic carbocycles. The van der Waals surface area contributed by atoms with Crippen LogP contribution in [-0.4, -0.2) is 55.2 Å². The quantitative estimate of drug-likeness (QED) is 0.532. The van der Waals surface area contributed by atoms with Gasteiger partial charge in [0.05, 0.1) is 35.2 Å². The number of halogens is 2. The zero-order valence-electron chi connectivity index (χ0n) is 19.0. The van der Waals surface area contributed by atoms with Crippen molar-refractivity contribution in [2.24, 2.45) is 17.1 Å². The van der Waals surface area contributed by atoms with E-state index in [1.807, 2.05) is 6.92 Å². The second-order valence-corrected chi connectivity index (χ2v) is 9.17. The van der Waals surface area contributed by atoms with Crippen molar-refractivity contribution in [1.29, 1.82) is 5.26 Å². The summed E-state index contributed by atoms with van der Waals surface area (Å²) in [5.41, 5.74) is 6.98. The molecule has 0 radical (unpaired) electrons. The number of aromatic nitrogens is 4. The van der Waals surface area contributed by atoms with Crippen LogP contribution in [0.1, 0.15) is 43.1 Å². The second kappa shape index (κ2) is 8.33. The molecule has 0 bridgehead atoms. The Balaban J connectivity index is 1.49. The number of carbonyl (C=O) groups excluding carboxylic acids is 2. The highest BCUT2D eigenvalue weighted by Crippen LogP contribution is 2.47. The summed E-state index contributed by atoms with van der Waals surface area (Å²) in [5.74, 6) is -0.712. The van der Waals surface area contributed by atoms with Crippen LogP contribution in [0.5, 0.6) is 0 Å². The van der Waals surface area contributed by atoms with E-state index < -0.39 is 17.9 Å². The Bertz CT molecular complexity index is 1350. The summed E-state index contributed by atoms with van der Waals surface area (Å²) in [7, 11) is 0. The van der Waals surface area contributed by atoms with Gasteiger partial charge < -0.3 is 16.0 Å². The first-order chi connectivity index (χ1) is 16.8. The van der Waals surface area contributed by atoms with Crippen LogP contribution < -0.4 is 11.1 Å². The van der Waals surface area contributed by atoms with E-state index in [4.69, 9.17) is 5.73 Å². The molecule has 2 aliphatic rings. The minimum Gasteiger partial charge on any atom is -0.378 e. The molecule has 35 heavy (non-hydrogen) atoms. The molecule has 0 unspecified atom stereocenters. The molecule has 182 valence electrons. The summed E-state index contributed by atoms with van der Waals surface area (Å²) in [4.78, 5) is 26.9.